The van der Waals surface area contributed by atoms with Gasteiger partial charge in [-0.25, -0.2) is 0 Å². The van der Waals surface area contributed by atoms with Crippen molar-refractivity contribution in [2.75, 3.05) is 7.11 Å². The first-order valence-electron chi connectivity index (χ1n) is 4.99. The summed E-state index contributed by atoms with van der Waals surface area (Å²) < 4.78 is 4.90. The molecule has 13 heavy (non-hydrogen) atoms. The second kappa shape index (κ2) is 1.92. The second-order valence-corrected chi connectivity index (χ2v) is 5.07. The van der Waals surface area contributed by atoms with Crippen molar-refractivity contribution in [3.05, 3.63) is 0 Å². The first kappa shape index (κ1) is 7.80. The molecule has 2 atom stereocenters. The number of rotatable bonds is 1. The largest absolute Gasteiger partial charge is 0.469 e. The lowest BCUT2D eigenvalue weighted by Gasteiger charge is -2.34. The number of hydrogen-bond donors (Lipinski definition) is 1. The Morgan fingerprint density at radius 2 is 1.85 bits per heavy atom. The summed E-state index contributed by atoms with van der Waals surface area (Å²) in [6.07, 6.45) is 4.07. The van der Waals surface area contributed by atoms with Gasteiger partial charge in [0.15, 0.2) is 0 Å². The Labute approximate surface area is 77.6 Å². The third kappa shape index (κ3) is 0.622. The zero-order valence-corrected chi connectivity index (χ0v) is 7.88. The van der Waals surface area contributed by atoms with Crippen molar-refractivity contribution in [3.63, 3.8) is 0 Å². The maximum Gasteiger partial charge on any atom is 0.313 e. The first-order valence-corrected chi connectivity index (χ1v) is 4.99. The maximum absolute atomic E-state index is 11.7. The summed E-state index contributed by atoms with van der Waals surface area (Å²) in [6, 6.07) is 0. The molecule has 2 N–H and O–H groups in total. The van der Waals surface area contributed by atoms with Gasteiger partial charge in [0.2, 0.25) is 0 Å². The van der Waals surface area contributed by atoms with Crippen LogP contribution in [0.3, 0.4) is 0 Å². The maximum atomic E-state index is 11.7. The van der Waals surface area contributed by atoms with Crippen molar-refractivity contribution in [1.82, 2.24) is 0 Å². The van der Waals surface area contributed by atoms with Crippen LogP contribution in [-0.2, 0) is 9.53 Å². The van der Waals surface area contributed by atoms with Crippen molar-refractivity contribution >= 4 is 5.97 Å². The van der Waals surface area contributed by atoms with E-state index >= 15 is 0 Å². The highest BCUT2D eigenvalue weighted by molar-refractivity contribution is 5.81. The average Bonchev–Trinajstić information content (AvgIpc) is 2.69. The van der Waals surface area contributed by atoms with Crippen LogP contribution in [0, 0.1) is 17.3 Å². The fraction of sp³-hybridized carbons (Fsp3) is 0.900. The summed E-state index contributed by atoms with van der Waals surface area (Å²) in [5.74, 6) is 1.37. The van der Waals surface area contributed by atoms with Crippen LogP contribution in [-0.4, -0.2) is 18.6 Å². The Morgan fingerprint density at radius 1 is 1.31 bits per heavy atom. The van der Waals surface area contributed by atoms with Gasteiger partial charge in [-0.2, -0.15) is 0 Å². The number of carbonyl (C=O) groups excluding carboxylic acids is 1. The van der Waals surface area contributed by atoms with E-state index < -0.39 is 0 Å². The molecule has 4 rings (SSSR count). The zero-order chi connectivity index (χ0) is 9.27. The normalized spacial score (nSPS) is 56.2. The molecule has 4 saturated carbocycles. The number of nitrogens with two attached hydrogens (primary N) is 1. The molecule has 0 heterocycles. The Bertz CT molecular complexity index is 273. The fourth-order valence-electron chi connectivity index (χ4n) is 4.17. The van der Waals surface area contributed by atoms with E-state index in [9.17, 15) is 4.79 Å². The summed E-state index contributed by atoms with van der Waals surface area (Å²) in [6.45, 7) is 0. The van der Waals surface area contributed by atoms with E-state index in [2.05, 4.69) is 0 Å². The van der Waals surface area contributed by atoms with Gasteiger partial charge in [0.25, 0.3) is 0 Å². The van der Waals surface area contributed by atoms with E-state index in [0.717, 1.165) is 25.7 Å². The van der Waals surface area contributed by atoms with Gasteiger partial charge in [0.05, 0.1) is 12.5 Å². The van der Waals surface area contributed by atoms with Gasteiger partial charge in [-0.1, -0.05) is 0 Å². The van der Waals surface area contributed by atoms with Gasteiger partial charge in [-0.05, 0) is 37.5 Å². The summed E-state index contributed by atoms with van der Waals surface area (Å²) >= 11 is 0. The fourth-order valence-corrected chi connectivity index (χ4v) is 4.17. The minimum atomic E-state index is -0.295. The first-order chi connectivity index (χ1) is 6.11. The lowest BCUT2D eigenvalue weighted by Crippen LogP contribution is -2.52. The van der Waals surface area contributed by atoms with Crippen molar-refractivity contribution in [2.24, 2.45) is 23.0 Å². The predicted molar refractivity (Wildman–Crippen MR) is 46.8 cm³/mol. The number of ether oxygens (including phenoxy) is 1. The van der Waals surface area contributed by atoms with Crippen molar-refractivity contribution in [2.45, 2.75) is 31.2 Å². The molecule has 0 aromatic heterocycles. The van der Waals surface area contributed by atoms with E-state index in [4.69, 9.17) is 10.5 Å². The Morgan fingerprint density at radius 3 is 2.15 bits per heavy atom. The highest BCUT2D eigenvalue weighted by Crippen LogP contribution is 2.71. The summed E-state index contributed by atoms with van der Waals surface area (Å²) in [5.41, 5.74) is 5.79. The molecule has 0 aromatic rings. The van der Waals surface area contributed by atoms with Crippen molar-refractivity contribution < 1.29 is 9.53 Å². The number of carbonyl (C=O) groups is 1. The topological polar surface area (TPSA) is 52.3 Å². The van der Waals surface area contributed by atoms with Gasteiger partial charge in [-0.3, -0.25) is 4.79 Å². The van der Waals surface area contributed by atoms with Gasteiger partial charge in [0, 0.05) is 5.54 Å². The lowest BCUT2D eigenvalue weighted by atomic mass is 9.75. The molecule has 4 aliphatic carbocycles. The Kier molecular flexibility index (Phi) is 1.15. The molecular weight excluding hydrogens is 166 g/mol. The van der Waals surface area contributed by atoms with Crippen molar-refractivity contribution in [1.29, 1.82) is 0 Å². The van der Waals surface area contributed by atoms with Crippen LogP contribution in [0.15, 0.2) is 0 Å². The molecule has 0 radical (unpaired) electrons. The molecule has 0 aliphatic heterocycles. The zero-order valence-electron chi connectivity index (χ0n) is 7.88. The molecule has 0 amide bonds. The van der Waals surface area contributed by atoms with Gasteiger partial charge < -0.3 is 10.5 Å². The van der Waals surface area contributed by atoms with Crippen LogP contribution in [0.2, 0.25) is 0 Å². The molecule has 72 valence electrons. The predicted octanol–water partition coefficient (Wildman–Crippen LogP) is 0.677. The average molecular weight is 181 g/mol. The van der Waals surface area contributed by atoms with E-state index in [0.29, 0.717) is 11.8 Å². The Hall–Kier alpha value is -0.570. The summed E-state index contributed by atoms with van der Waals surface area (Å²) in [4.78, 5) is 11.7. The van der Waals surface area contributed by atoms with Crippen LogP contribution in [0.5, 0.6) is 0 Å². The van der Waals surface area contributed by atoms with Gasteiger partial charge in [0.1, 0.15) is 0 Å². The van der Waals surface area contributed by atoms with Crippen LogP contribution in [0.4, 0.5) is 0 Å². The number of methoxy groups -OCH3 is 1. The molecule has 4 bridgehead atoms. The van der Waals surface area contributed by atoms with E-state index in [1.807, 2.05) is 0 Å². The Balaban J connectivity index is 2.06. The van der Waals surface area contributed by atoms with Crippen LogP contribution < -0.4 is 5.73 Å². The summed E-state index contributed by atoms with van der Waals surface area (Å²) in [7, 11) is 1.48. The molecular formula is C10H15NO2. The second-order valence-electron chi connectivity index (χ2n) is 5.07. The van der Waals surface area contributed by atoms with Gasteiger partial charge >= 0.3 is 5.97 Å². The van der Waals surface area contributed by atoms with Gasteiger partial charge in [-0.15, -0.1) is 0 Å². The lowest BCUT2D eigenvalue weighted by molar-refractivity contribution is -0.154. The van der Waals surface area contributed by atoms with Crippen LogP contribution in [0.25, 0.3) is 0 Å². The minimum Gasteiger partial charge on any atom is -0.469 e. The number of hydrogen-bond acceptors (Lipinski definition) is 3. The molecule has 2 unspecified atom stereocenters. The van der Waals surface area contributed by atoms with Crippen LogP contribution in [0.1, 0.15) is 25.7 Å². The minimum absolute atomic E-state index is 0.0579. The smallest absolute Gasteiger partial charge is 0.313 e. The molecule has 0 aromatic carbocycles. The quantitative estimate of drug-likeness (QED) is 0.605. The van der Waals surface area contributed by atoms with E-state index in [1.54, 1.807) is 0 Å². The molecule has 0 saturated heterocycles. The van der Waals surface area contributed by atoms with Crippen LogP contribution >= 0.6 is 0 Å². The molecule has 4 fully saturated rings. The monoisotopic (exact) mass is 181 g/mol. The molecule has 0 spiro atoms. The number of esters is 1. The van der Waals surface area contributed by atoms with E-state index in [-0.39, 0.29) is 16.9 Å². The molecule has 4 aliphatic rings. The third-order valence-electron chi connectivity index (χ3n) is 4.67. The highest BCUT2D eigenvalue weighted by atomic mass is 16.5. The standard InChI is InChI=1S/C10H15NO2/c1-13-8(12)9-2-6-4-10(9,11)5-7(6)3-9/h6-7H,2-5,11H2,1H3. The molecule has 3 heteroatoms. The SMILES string of the molecule is COC(=O)C12CC3CC1(N)CC3C2. The van der Waals surface area contributed by atoms with Crippen molar-refractivity contribution in [3.8, 4) is 0 Å². The third-order valence-corrected chi connectivity index (χ3v) is 4.67. The highest BCUT2D eigenvalue weighted by Gasteiger charge is 2.73. The summed E-state index contributed by atoms with van der Waals surface area (Å²) in [5, 5.41) is 0. The molecule has 3 nitrogen and oxygen atoms in total. The van der Waals surface area contributed by atoms with E-state index in [1.165, 1.54) is 7.11 Å².